The van der Waals surface area contributed by atoms with Crippen LogP contribution in [-0.2, 0) is 9.59 Å². The zero-order valence-corrected chi connectivity index (χ0v) is 11.2. The van der Waals surface area contributed by atoms with Crippen LogP contribution in [0, 0.1) is 0 Å². The molecule has 0 bridgehead atoms. The molecule has 0 unspecified atom stereocenters. The van der Waals surface area contributed by atoms with Crippen LogP contribution in [0.25, 0.3) is 0 Å². The quantitative estimate of drug-likeness (QED) is 0.696. The van der Waals surface area contributed by atoms with Crippen molar-refractivity contribution in [3.05, 3.63) is 0 Å². The molecule has 7 nitrogen and oxygen atoms in total. The van der Waals surface area contributed by atoms with E-state index < -0.39 is 30.0 Å². The maximum Gasteiger partial charge on any atom is 0.325 e. The van der Waals surface area contributed by atoms with Gasteiger partial charge in [0, 0.05) is 19.1 Å². The van der Waals surface area contributed by atoms with E-state index >= 15 is 0 Å². The number of carboxylic acid groups (broad SMARTS) is 1. The van der Waals surface area contributed by atoms with Crippen molar-refractivity contribution in [3.8, 4) is 0 Å². The Bertz CT molecular complexity index is 413. The minimum atomic E-state index is -1.18. The number of carboxylic acids is 1. The van der Waals surface area contributed by atoms with Gasteiger partial charge in [0.2, 0.25) is 0 Å². The zero-order chi connectivity index (χ0) is 14.2. The lowest BCUT2D eigenvalue weighted by atomic mass is 9.87. The monoisotopic (exact) mass is 269 g/mol. The molecule has 106 valence electrons. The van der Waals surface area contributed by atoms with Gasteiger partial charge in [-0.2, -0.15) is 0 Å². The van der Waals surface area contributed by atoms with E-state index in [-0.39, 0.29) is 0 Å². The first-order chi connectivity index (χ1) is 8.85. The summed E-state index contributed by atoms with van der Waals surface area (Å²) in [7, 11) is 0. The number of rotatable bonds is 3. The number of imide groups is 1. The van der Waals surface area contributed by atoms with Gasteiger partial charge in [0.1, 0.15) is 12.1 Å². The number of hydrogen-bond acceptors (Lipinski definition) is 4. The van der Waals surface area contributed by atoms with Crippen LogP contribution in [0.5, 0.6) is 0 Å². The second-order valence-corrected chi connectivity index (χ2v) is 5.43. The summed E-state index contributed by atoms with van der Waals surface area (Å²) in [6, 6.07) is -0.190. The first-order valence-electron chi connectivity index (χ1n) is 6.46. The van der Waals surface area contributed by atoms with Gasteiger partial charge in [0.15, 0.2) is 0 Å². The fourth-order valence-electron chi connectivity index (χ4n) is 2.72. The normalized spacial score (nSPS) is 23.2. The summed E-state index contributed by atoms with van der Waals surface area (Å²) in [6.07, 6.45) is 1.07. The van der Waals surface area contributed by atoms with Crippen molar-refractivity contribution < 1.29 is 19.5 Å². The average molecular weight is 269 g/mol. The lowest BCUT2D eigenvalue weighted by Gasteiger charge is -2.39. The third kappa shape index (κ3) is 2.42. The fourth-order valence-corrected chi connectivity index (χ4v) is 2.72. The molecule has 7 heteroatoms. The molecule has 0 aromatic heterocycles. The van der Waals surface area contributed by atoms with E-state index in [0.717, 1.165) is 18.0 Å². The Morgan fingerprint density at radius 1 is 1.37 bits per heavy atom. The van der Waals surface area contributed by atoms with Gasteiger partial charge in [0.05, 0.1) is 0 Å². The summed E-state index contributed by atoms with van der Waals surface area (Å²) >= 11 is 0. The van der Waals surface area contributed by atoms with Crippen LogP contribution in [0.4, 0.5) is 4.79 Å². The molecule has 0 aromatic rings. The van der Waals surface area contributed by atoms with E-state index in [4.69, 9.17) is 5.11 Å². The highest BCUT2D eigenvalue weighted by Crippen LogP contribution is 2.29. The standard InChI is InChI=1S/C12H19N3O4/c1-8(2)14-5-3-12(4-6-14)10(18)15(7-9(16)17)11(19)13-12/h8H,3-7H2,1-2H3,(H,13,19)(H,16,17). The molecule has 2 N–H and O–H groups in total. The first kappa shape index (κ1) is 13.8. The predicted octanol–water partition coefficient (Wildman–Crippen LogP) is -0.134. The van der Waals surface area contributed by atoms with Crippen LogP contribution >= 0.6 is 0 Å². The van der Waals surface area contributed by atoms with Crippen molar-refractivity contribution in [1.29, 1.82) is 0 Å². The fraction of sp³-hybridized carbons (Fsp3) is 0.750. The predicted molar refractivity (Wildman–Crippen MR) is 66.6 cm³/mol. The minimum Gasteiger partial charge on any atom is -0.480 e. The lowest BCUT2D eigenvalue weighted by molar-refractivity contribution is -0.143. The Labute approximate surface area is 111 Å². The second kappa shape index (κ2) is 4.80. The Kier molecular flexibility index (Phi) is 3.49. The summed E-state index contributed by atoms with van der Waals surface area (Å²) in [6.45, 7) is 5.06. The lowest BCUT2D eigenvalue weighted by Crippen LogP contribution is -2.56. The van der Waals surface area contributed by atoms with Gasteiger partial charge in [-0.25, -0.2) is 4.79 Å². The van der Waals surface area contributed by atoms with Gasteiger partial charge in [-0.15, -0.1) is 0 Å². The topological polar surface area (TPSA) is 90.0 Å². The molecule has 2 fully saturated rings. The molecule has 0 radical (unpaired) electrons. The molecular formula is C12H19N3O4. The number of aliphatic carboxylic acids is 1. The molecule has 2 heterocycles. The first-order valence-corrected chi connectivity index (χ1v) is 6.46. The molecule has 0 saturated carbocycles. The van der Waals surface area contributed by atoms with E-state index in [1.54, 1.807) is 0 Å². The molecule has 2 aliphatic heterocycles. The summed E-state index contributed by atoms with van der Waals surface area (Å²) in [5.74, 6) is -1.58. The van der Waals surface area contributed by atoms with Crippen LogP contribution < -0.4 is 5.32 Å². The summed E-state index contributed by atoms with van der Waals surface area (Å²) in [5.41, 5.74) is -0.891. The summed E-state index contributed by atoms with van der Waals surface area (Å²) < 4.78 is 0. The van der Waals surface area contributed by atoms with Crippen LogP contribution in [0.1, 0.15) is 26.7 Å². The van der Waals surface area contributed by atoms with Crippen molar-refractivity contribution in [2.45, 2.75) is 38.3 Å². The number of piperidine rings is 1. The number of urea groups is 1. The number of nitrogens with one attached hydrogen (secondary N) is 1. The third-order valence-electron chi connectivity index (χ3n) is 3.92. The van der Waals surface area contributed by atoms with Gasteiger partial charge >= 0.3 is 12.0 Å². The Morgan fingerprint density at radius 3 is 2.42 bits per heavy atom. The van der Waals surface area contributed by atoms with E-state index in [0.29, 0.717) is 18.9 Å². The van der Waals surface area contributed by atoms with Crippen LogP contribution in [0.15, 0.2) is 0 Å². The van der Waals surface area contributed by atoms with Crippen molar-refractivity contribution >= 4 is 17.9 Å². The number of nitrogens with zero attached hydrogens (tertiary/aromatic N) is 2. The Hall–Kier alpha value is -1.63. The number of hydrogen-bond donors (Lipinski definition) is 2. The van der Waals surface area contributed by atoms with Crippen LogP contribution in [0.2, 0.25) is 0 Å². The average Bonchev–Trinajstić information content (AvgIpc) is 2.54. The van der Waals surface area contributed by atoms with Crippen molar-refractivity contribution in [3.63, 3.8) is 0 Å². The van der Waals surface area contributed by atoms with E-state index in [1.165, 1.54) is 0 Å². The maximum absolute atomic E-state index is 12.3. The minimum absolute atomic E-state index is 0.400. The molecule has 0 aliphatic carbocycles. The number of carbonyl (C=O) groups is 3. The highest BCUT2D eigenvalue weighted by molar-refractivity contribution is 6.08. The maximum atomic E-state index is 12.3. The molecule has 2 aliphatic rings. The number of likely N-dealkylation sites (tertiary alicyclic amines) is 1. The SMILES string of the molecule is CC(C)N1CCC2(CC1)NC(=O)N(CC(=O)O)C2=O. The van der Waals surface area contributed by atoms with E-state index in [1.807, 2.05) is 0 Å². The molecule has 3 amide bonds. The number of carbonyl (C=O) groups excluding carboxylic acids is 2. The van der Waals surface area contributed by atoms with E-state index in [9.17, 15) is 14.4 Å². The smallest absolute Gasteiger partial charge is 0.325 e. The molecule has 1 spiro atoms. The number of amides is 3. The van der Waals surface area contributed by atoms with Crippen molar-refractivity contribution in [1.82, 2.24) is 15.1 Å². The van der Waals surface area contributed by atoms with Gasteiger partial charge in [-0.3, -0.25) is 14.5 Å². The second-order valence-electron chi connectivity index (χ2n) is 5.43. The van der Waals surface area contributed by atoms with Gasteiger partial charge < -0.3 is 15.3 Å². The molecule has 2 rings (SSSR count). The largest absolute Gasteiger partial charge is 0.480 e. The van der Waals surface area contributed by atoms with Crippen molar-refractivity contribution in [2.24, 2.45) is 0 Å². The zero-order valence-electron chi connectivity index (χ0n) is 11.2. The third-order valence-corrected chi connectivity index (χ3v) is 3.92. The van der Waals surface area contributed by atoms with E-state index in [2.05, 4.69) is 24.1 Å². The highest BCUT2D eigenvalue weighted by Gasteiger charge is 2.52. The summed E-state index contributed by atoms with van der Waals surface area (Å²) in [4.78, 5) is 37.7. The van der Waals surface area contributed by atoms with Gasteiger partial charge in [-0.05, 0) is 26.7 Å². The van der Waals surface area contributed by atoms with Gasteiger partial charge in [-0.1, -0.05) is 0 Å². The van der Waals surface area contributed by atoms with Crippen molar-refractivity contribution in [2.75, 3.05) is 19.6 Å². The molecule has 0 atom stereocenters. The highest BCUT2D eigenvalue weighted by atomic mass is 16.4. The Balaban J connectivity index is 2.09. The molecular weight excluding hydrogens is 250 g/mol. The summed E-state index contributed by atoms with van der Waals surface area (Å²) in [5, 5.41) is 11.4. The Morgan fingerprint density at radius 2 is 1.95 bits per heavy atom. The molecule has 2 saturated heterocycles. The van der Waals surface area contributed by atoms with Gasteiger partial charge in [0.25, 0.3) is 5.91 Å². The molecule has 19 heavy (non-hydrogen) atoms. The van der Waals surface area contributed by atoms with Crippen LogP contribution in [0.3, 0.4) is 0 Å². The molecule has 0 aromatic carbocycles. The van der Waals surface area contributed by atoms with Crippen LogP contribution in [-0.4, -0.2) is 64.0 Å².